The molecule has 0 fully saturated rings. The normalized spacial score (nSPS) is 10.1. The molecule has 1 aromatic rings. The maximum atomic E-state index is 11.5. The van der Waals surface area contributed by atoms with E-state index in [0.29, 0.717) is 18.9 Å². The van der Waals surface area contributed by atoms with E-state index in [0.717, 1.165) is 18.4 Å². The van der Waals surface area contributed by atoms with Gasteiger partial charge in [0, 0.05) is 13.2 Å². The lowest BCUT2D eigenvalue weighted by molar-refractivity contribution is -0.139. The van der Waals surface area contributed by atoms with Gasteiger partial charge >= 0.3 is 5.97 Å². The zero-order valence-corrected chi connectivity index (χ0v) is 12.1. The lowest BCUT2D eigenvalue weighted by Crippen LogP contribution is -2.27. The van der Waals surface area contributed by atoms with Crippen molar-refractivity contribution in [2.75, 3.05) is 19.8 Å². The van der Waals surface area contributed by atoms with Gasteiger partial charge in [-0.2, -0.15) is 0 Å². The largest absolute Gasteiger partial charge is 0.482 e. The van der Waals surface area contributed by atoms with Gasteiger partial charge in [-0.05, 0) is 24.1 Å². The number of amides is 1. The van der Waals surface area contributed by atoms with Crippen LogP contribution in [0.25, 0.3) is 0 Å². The van der Waals surface area contributed by atoms with Gasteiger partial charge in [0.1, 0.15) is 12.4 Å². The molecule has 1 aromatic carbocycles. The molecule has 0 aliphatic carbocycles. The molecule has 0 radical (unpaired) electrons. The van der Waals surface area contributed by atoms with Crippen LogP contribution in [-0.2, 0) is 20.9 Å². The lowest BCUT2D eigenvalue weighted by Gasteiger charge is -2.08. The number of aliphatic carboxylic acids is 1. The van der Waals surface area contributed by atoms with Crippen molar-refractivity contribution in [3.63, 3.8) is 0 Å². The van der Waals surface area contributed by atoms with E-state index in [-0.39, 0.29) is 19.1 Å². The summed E-state index contributed by atoms with van der Waals surface area (Å²) in [4.78, 5) is 22.0. The molecule has 0 aliphatic heterocycles. The smallest absolute Gasteiger partial charge is 0.341 e. The molecule has 2 N–H and O–H groups in total. The highest BCUT2D eigenvalue weighted by atomic mass is 16.5. The number of nitrogens with one attached hydrogen (secondary N) is 1. The van der Waals surface area contributed by atoms with Gasteiger partial charge in [-0.1, -0.05) is 25.5 Å². The Hall–Kier alpha value is -2.08. The Bertz CT molecular complexity index is 461. The minimum absolute atomic E-state index is 0.0508. The van der Waals surface area contributed by atoms with Gasteiger partial charge < -0.3 is 19.9 Å². The Morgan fingerprint density at radius 2 is 2.10 bits per heavy atom. The SMILES string of the molecule is CCCCOCC(=O)NCc1cccc(OCC(=O)O)c1. The number of hydrogen-bond acceptors (Lipinski definition) is 4. The molecule has 1 amide bonds. The van der Waals surface area contributed by atoms with E-state index in [4.69, 9.17) is 14.6 Å². The minimum Gasteiger partial charge on any atom is -0.482 e. The van der Waals surface area contributed by atoms with Gasteiger partial charge in [-0.25, -0.2) is 4.79 Å². The fourth-order valence-corrected chi connectivity index (χ4v) is 1.55. The topological polar surface area (TPSA) is 84.9 Å². The summed E-state index contributed by atoms with van der Waals surface area (Å²) in [5.41, 5.74) is 0.833. The van der Waals surface area contributed by atoms with Gasteiger partial charge in [0.15, 0.2) is 6.61 Å². The number of carboxylic acids is 1. The van der Waals surface area contributed by atoms with Crippen LogP contribution < -0.4 is 10.1 Å². The van der Waals surface area contributed by atoms with E-state index in [2.05, 4.69) is 12.2 Å². The number of hydrogen-bond donors (Lipinski definition) is 2. The summed E-state index contributed by atoms with van der Waals surface area (Å²) in [6.45, 7) is 2.65. The number of carbonyl (C=O) groups excluding carboxylic acids is 1. The summed E-state index contributed by atoms with van der Waals surface area (Å²) in [6, 6.07) is 6.94. The van der Waals surface area contributed by atoms with Gasteiger partial charge in [-0.15, -0.1) is 0 Å². The third-order valence-corrected chi connectivity index (χ3v) is 2.63. The third kappa shape index (κ3) is 7.94. The molecule has 0 aliphatic rings. The van der Waals surface area contributed by atoms with Crippen LogP contribution >= 0.6 is 0 Å². The zero-order valence-electron chi connectivity index (χ0n) is 12.1. The number of unbranched alkanes of at least 4 members (excludes halogenated alkanes) is 1. The molecule has 0 atom stereocenters. The van der Waals surface area contributed by atoms with Gasteiger partial charge in [0.2, 0.25) is 5.91 Å². The molecular formula is C15H21NO5. The number of carboxylic acid groups (broad SMARTS) is 1. The monoisotopic (exact) mass is 295 g/mol. The summed E-state index contributed by atoms with van der Waals surface area (Å²) in [5, 5.41) is 11.3. The van der Waals surface area contributed by atoms with E-state index in [1.54, 1.807) is 18.2 Å². The van der Waals surface area contributed by atoms with Crippen LogP contribution in [0.5, 0.6) is 5.75 Å². The van der Waals surface area contributed by atoms with Crippen molar-refractivity contribution in [1.82, 2.24) is 5.32 Å². The molecule has 0 aromatic heterocycles. The number of benzene rings is 1. The molecule has 0 heterocycles. The predicted molar refractivity (Wildman–Crippen MR) is 77.1 cm³/mol. The van der Waals surface area contributed by atoms with Crippen LogP contribution in [-0.4, -0.2) is 36.8 Å². The Morgan fingerprint density at radius 3 is 2.81 bits per heavy atom. The third-order valence-electron chi connectivity index (χ3n) is 2.63. The first-order valence-corrected chi connectivity index (χ1v) is 6.89. The maximum Gasteiger partial charge on any atom is 0.341 e. The fourth-order valence-electron chi connectivity index (χ4n) is 1.55. The lowest BCUT2D eigenvalue weighted by atomic mass is 10.2. The first kappa shape index (κ1) is 17.0. The van der Waals surface area contributed by atoms with Crippen LogP contribution in [0.3, 0.4) is 0 Å². The van der Waals surface area contributed by atoms with E-state index in [1.165, 1.54) is 0 Å². The minimum atomic E-state index is -1.03. The Morgan fingerprint density at radius 1 is 1.29 bits per heavy atom. The molecule has 21 heavy (non-hydrogen) atoms. The second-order valence-electron chi connectivity index (χ2n) is 4.51. The molecule has 0 unspecified atom stereocenters. The average Bonchev–Trinajstić information content (AvgIpc) is 2.48. The summed E-state index contributed by atoms with van der Waals surface area (Å²) < 4.78 is 10.3. The standard InChI is InChI=1S/C15H21NO5/c1-2-3-7-20-10-14(17)16-9-12-5-4-6-13(8-12)21-11-15(18)19/h4-6,8H,2-3,7,9-11H2,1H3,(H,16,17)(H,18,19). The molecule has 116 valence electrons. The molecule has 1 rings (SSSR count). The summed E-state index contributed by atoms with van der Waals surface area (Å²) in [7, 11) is 0. The first-order valence-electron chi connectivity index (χ1n) is 6.89. The second-order valence-corrected chi connectivity index (χ2v) is 4.51. The van der Waals surface area contributed by atoms with Crippen LogP contribution in [0.15, 0.2) is 24.3 Å². The molecule has 0 bridgehead atoms. The molecular weight excluding hydrogens is 274 g/mol. The number of rotatable bonds is 10. The zero-order chi connectivity index (χ0) is 15.5. The maximum absolute atomic E-state index is 11.5. The van der Waals surface area contributed by atoms with Crippen LogP contribution in [0.1, 0.15) is 25.3 Å². The van der Waals surface area contributed by atoms with Crippen molar-refractivity contribution in [3.8, 4) is 5.75 Å². The number of carbonyl (C=O) groups is 2. The van der Waals surface area contributed by atoms with Crippen LogP contribution in [0, 0.1) is 0 Å². The molecule has 0 spiro atoms. The molecule has 6 heteroatoms. The Kier molecular flexibility index (Phi) is 7.89. The molecule has 0 saturated heterocycles. The highest BCUT2D eigenvalue weighted by Crippen LogP contribution is 2.13. The van der Waals surface area contributed by atoms with Crippen molar-refractivity contribution in [3.05, 3.63) is 29.8 Å². The highest BCUT2D eigenvalue weighted by Gasteiger charge is 2.03. The van der Waals surface area contributed by atoms with Crippen molar-refractivity contribution >= 4 is 11.9 Å². The van der Waals surface area contributed by atoms with Gasteiger partial charge in [0.25, 0.3) is 0 Å². The Labute approximate surface area is 124 Å². The van der Waals surface area contributed by atoms with Crippen LogP contribution in [0.2, 0.25) is 0 Å². The first-order chi connectivity index (χ1) is 10.1. The fraction of sp³-hybridized carbons (Fsp3) is 0.467. The van der Waals surface area contributed by atoms with Gasteiger partial charge in [0.05, 0.1) is 0 Å². The summed E-state index contributed by atoms with van der Waals surface area (Å²) >= 11 is 0. The molecule has 6 nitrogen and oxygen atoms in total. The van der Waals surface area contributed by atoms with Gasteiger partial charge in [-0.3, -0.25) is 4.79 Å². The molecule has 0 saturated carbocycles. The van der Waals surface area contributed by atoms with Crippen molar-refractivity contribution < 1.29 is 24.2 Å². The Balaban J connectivity index is 2.32. The van der Waals surface area contributed by atoms with E-state index >= 15 is 0 Å². The average molecular weight is 295 g/mol. The second kappa shape index (κ2) is 9.77. The van der Waals surface area contributed by atoms with Crippen molar-refractivity contribution in [1.29, 1.82) is 0 Å². The highest BCUT2D eigenvalue weighted by molar-refractivity contribution is 5.77. The van der Waals surface area contributed by atoms with Crippen molar-refractivity contribution in [2.24, 2.45) is 0 Å². The quantitative estimate of drug-likeness (QED) is 0.640. The number of ether oxygens (including phenoxy) is 2. The summed E-state index contributed by atoms with van der Waals surface area (Å²) in [6.07, 6.45) is 1.97. The van der Waals surface area contributed by atoms with Crippen LogP contribution in [0.4, 0.5) is 0 Å². The van der Waals surface area contributed by atoms with E-state index in [9.17, 15) is 9.59 Å². The van der Waals surface area contributed by atoms with Crippen molar-refractivity contribution in [2.45, 2.75) is 26.3 Å². The summed E-state index contributed by atoms with van der Waals surface area (Å²) in [5.74, 6) is -0.746. The van der Waals surface area contributed by atoms with E-state index < -0.39 is 5.97 Å². The van der Waals surface area contributed by atoms with E-state index in [1.807, 2.05) is 6.07 Å². The predicted octanol–water partition coefficient (Wildman–Crippen LogP) is 1.58.